The Balaban J connectivity index is 2.24. The van der Waals surface area contributed by atoms with Crippen molar-refractivity contribution >= 4 is 5.91 Å². The molecule has 1 aliphatic rings. The molecule has 17 heavy (non-hydrogen) atoms. The molecule has 0 aromatic heterocycles. The Morgan fingerprint density at radius 3 is 2.35 bits per heavy atom. The molecule has 1 saturated heterocycles. The molecule has 0 spiro atoms. The number of hydrogen-bond acceptors (Lipinski definition) is 2. The van der Waals surface area contributed by atoms with Crippen LogP contribution in [0.25, 0.3) is 0 Å². The monoisotopic (exact) mass is 240 g/mol. The van der Waals surface area contributed by atoms with Crippen molar-refractivity contribution in [2.24, 2.45) is 11.3 Å². The zero-order chi connectivity index (χ0) is 12.9. The van der Waals surface area contributed by atoms with Gasteiger partial charge in [-0.3, -0.25) is 4.79 Å². The fraction of sp³-hybridized carbons (Fsp3) is 0.929. The molecule has 0 atom stereocenters. The van der Waals surface area contributed by atoms with E-state index in [-0.39, 0.29) is 11.3 Å². The predicted molar refractivity (Wildman–Crippen MR) is 71.9 cm³/mol. The van der Waals surface area contributed by atoms with Crippen LogP contribution in [0.3, 0.4) is 0 Å². The third-order valence-electron chi connectivity index (χ3n) is 4.13. The summed E-state index contributed by atoms with van der Waals surface area (Å²) >= 11 is 0. The van der Waals surface area contributed by atoms with Gasteiger partial charge in [-0.05, 0) is 30.6 Å². The maximum Gasteiger partial charge on any atom is 0.236 e. The summed E-state index contributed by atoms with van der Waals surface area (Å²) in [4.78, 5) is 13.9. The number of nitrogens with one attached hydrogen (secondary N) is 1. The van der Waals surface area contributed by atoms with Crippen molar-refractivity contribution in [1.82, 2.24) is 10.2 Å². The molecule has 0 aromatic rings. The van der Waals surface area contributed by atoms with Crippen molar-refractivity contribution in [1.29, 1.82) is 0 Å². The van der Waals surface area contributed by atoms with Crippen LogP contribution in [0.5, 0.6) is 0 Å². The van der Waals surface area contributed by atoms with Gasteiger partial charge in [0.15, 0.2) is 0 Å². The van der Waals surface area contributed by atoms with Gasteiger partial charge >= 0.3 is 0 Å². The highest BCUT2D eigenvalue weighted by Gasteiger charge is 2.22. The highest BCUT2D eigenvalue weighted by molar-refractivity contribution is 5.78. The minimum atomic E-state index is 0.252. The molecule has 1 amide bonds. The molecule has 3 nitrogen and oxygen atoms in total. The molecule has 0 bridgehead atoms. The number of amides is 1. The first-order valence-electron chi connectivity index (χ1n) is 6.92. The Kier molecular flexibility index (Phi) is 5.44. The number of carbonyl (C=O) groups excluding carboxylic acids is 1. The van der Waals surface area contributed by atoms with E-state index in [0.717, 1.165) is 19.6 Å². The summed E-state index contributed by atoms with van der Waals surface area (Å²) in [5.41, 5.74) is 0.252. The molecule has 1 rings (SSSR count). The Morgan fingerprint density at radius 2 is 1.82 bits per heavy atom. The first kappa shape index (κ1) is 14.5. The molecule has 1 aliphatic heterocycles. The molecule has 1 fully saturated rings. The van der Waals surface area contributed by atoms with Crippen LogP contribution in [0, 0.1) is 11.3 Å². The zero-order valence-electron chi connectivity index (χ0n) is 11.9. The second kappa shape index (κ2) is 6.39. The van der Waals surface area contributed by atoms with E-state index in [1.807, 2.05) is 4.90 Å². The lowest BCUT2D eigenvalue weighted by Gasteiger charge is -2.31. The molecular formula is C14H28N2O. The van der Waals surface area contributed by atoms with Crippen molar-refractivity contribution in [3.05, 3.63) is 0 Å². The minimum Gasteiger partial charge on any atom is -0.342 e. The Hall–Kier alpha value is -0.570. The second-order valence-electron chi connectivity index (χ2n) is 6.19. The molecule has 1 N–H and O–H groups in total. The SMILES string of the molecule is CC(C)C(C)(C)CNCC(=O)N1CCCCC1. The summed E-state index contributed by atoms with van der Waals surface area (Å²) in [7, 11) is 0. The van der Waals surface area contributed by atoms with Crippen LogP contribution in [-0.2, 0) is 4.79 Å². The van der Waals surface area contributed by atoms with Crippen molar-refractivity contribution in [3.8, 4) is 0 Å². The number of likely N-dealkylation sites (tertiary alicyclic amines) is 1. The van der Waals surface area contributed by atoms with E-state index >= 15 is 0 Å². The zero-order valence-corrected chi connectivity index (χ0v) is 11.9. The van der Waals surface area contributed by atoms with Gasteiger partial charge < -0.3 is 10.2 Å². The lowest BCUT2D eigenvalue weighted by Crippen LogP contribution is -2.43. The van der Waals surface area contributed by atoms with Gasteiger partial charge in [0.05, 0.1) is 6.54 Å². The van der Waals surface area contributed by atoms with Gasteiger partial charge in [-0.2, -0.15) is 0 Å². The first-order valence-corrected chi connectivity index (χ1v) is 6.92. The van der Waals surface area contributed by atoms with E-state index in [1.165, 1.54) is 19.3 Å². The molecular weight excluding hydrogens is 212 g/mol. The maximum absolute atomic E-state index is 11.9. The molecule has 0 radical (unpaired) electrons. The molecule has 0 saturated carbocycles. The average molecular weight is 240 g/mol. The first-order chi connectivity index (χ1) is 7.93. The second-order valence-corrected chi connectivity index (χ2v) is 6.19. The molecule has 0 aromatic carbocycles. The van der Waals surface area contributed by atoms with Crippen LogP contribution in [0.2, 0.25) is 0 Å². The van der Waals surface area contributed by atoms with Crippen LogP contribution in [0.4, 0.5) is 0 Å². The van der Waals surface area contributed by atoms with E-state index in [2.05, 4.69) is 33.0 Å². The average Bonchev–Trinajstić information content (AvgIpc) is 2.29. The quantitative estimate of drug-likeness (QED) is 0.799. The smallest absolute Gasteiger partial charge is 0.236 e. The van der Waals surface area contributed by atoms with Crippen molar-refractivity contribution in [2.75, 3.05) is 26.2 Å². The lowest BCUT2D eigenvalue weighted by molar-refractivity contribution is -0.131. The van der Waals surface area contributed by atoms with Crippen LogP contribution in [0.15, 0.2) is 0 Å². The fourth-order valence-corrected chi connectivity index (χ4v) is 1.95. The van der Waals surface area contributed by atoms with E-state index in [4.69, 9.17) is 0 Å². The number of carbonyl (C=O) groups is 1. The number of hydrogen-bond donors (Lipinski definition) is 1. The standard InChI is InChI=1S/C14H28N2O/c1-12(2)14(3,4)11-15-10-13(17)16-8-6-5-7-9-16/h12,15H,5-11H2,1-4H3. The van der Waals surface area contributed by atoms with Crippen LogP contribution in [-0.4, -0.2) is 37.0 Å². The van der Waals surface area contributed by atoms with Crippen molar-refractivity contribution < 1.29 is 4.79 Å². The Labute approximate surface area is 106 Å². The van der Waals surface area contributed by atoms with Crippen LogP contribution in [0.1, 0.15) is 47.0 Å². The summed E-state index contributed by atoms with van der Waals surface area (Å²) in [5.74, 6) is 0.893. The molecule has 3 heteroatoms. The number of nitrogens with zero attached hydrogens (tertiary/aromatic N) is 1. The largest absolute Gasteiger partial charge is 0.342 e. The third kappa shape index (κ3) is 4.66. The Morgan fingerprint density at radius 1 is 1.24 bits per heavy atom. The molecule has 1 heterocycles. The summed E-state index contributed by atoms with van der Waals surface area (Å²) in [5, 5.41) is 3.31. The van der Waals surface area contributed by atoms with E-state index in [1.54, 1.807) is 0 Å². The van der Waals surface area contributed by atoms with Gasteiger partial charge in [-0.25, -0.2) is 0 Å². The van der Waals surface area contributed by atoms with Gasteiger partial charge in [-0.15, -0.1) is 0 Å². The van der Waals surface area contributed by atoms with Crippen molar-refractivity contribution in [2.45, 2.75) is 47.0 Å². The van der Waals surface area contributed by atoms with Gasteiger partial charge in [0.2, 0.25) is 5.91 Å². The maximum atomic E-state index is 11.9. The van der Waals surface area contributed by atoms with Crippen LogP contribution >= 0.6 is 0 Å². The summed E-state index contributed by atoms with van der Waals surface area (Å²) in [6.45, 7) is 12.3. The summed E-state index contributed by atoms with van der Waals surface area (Å²) < 4.78 is 0. The third-order valence-corrected chi connectivity index (χ3v) is 4.13. The minimum absolute atomic E-state index is 0.252. The van der Waals surface area contributed by atoms with Gasteiger partial charge in [0, 0.05) is 19.6 Å². The van der Waals surface area contributed by atoms with Gasteiger partial charge in [0.1, 0.15) is 0 Å². The number of rotatable bonds is 5. The highest BCUT2D eigenvalue weighted by Crippen LogP contribution is 2.24. The molecule has 0 aliphatic carbocycles. The summed E-state index contributed by atoms with van der Waals surface area (Å²) in [6, 6.07) is 0. The van der Waals surface area contributed by atoms with E-state index in [0.29, 0.717) is 12.5 Å². The summed E-state index contributed by atoms with van der Waals surface area (Å²) in [6.07, 6.45) is 3.62. The predicted octanol–water partition coefficient (Wildman–Crippen LogP) is 2.27. The van der Waals surface area contributed by atoms with Gasteiger partial charge in [0.25, 0.3) is 0 Å². The molecule has 0 unspecified atom stereocenters. The topological polar surface area (TPSA) is 32.3 Å². The highest BCUT2D eigenvalue weighted by atomic mass is 16.2. The van der Waals surface area contributed by atoms with E-state index < -0.39 is 0 Å². The number of piperidine rings is 1. The normalized spacial score (nSPS) is 17.6. The van der Waals surface area contributed by atoms with Crippen molar-refractivity contribution in [3.63, 3.8) is 0 Å². The van der Waals surface area contributed by atoms with Crippen LogP contribution < -0.4 is 5.32 Å². The lowest BCUT2D eigenvalue weighted by atomic mass is 9.81. The van der Waals surface area contributed by atoms with Gasteiger partial charge in [-0.1, -0.05) is 27.7 Å². The molecule has 100 valence electrons. The fourth-order valence-electron chi connectivity index (χ4n) is 1.95. The van der Waals surface area contributed by atoms with E-state index in [9.17, 15) is 4.79 Å². The Bertz CT molecular complexity index is 243.